The van der Waals surface area contributed by atoms with E-state index >= 15 is 0 Å². The van der Waals surface area contributed by atoms with Crippen LogP contribution >= 0.6 is 0 Å². The molecule has 2 atom stereocenters. The van der Waals surface area contributed by atoms with Crippen LogP contribution in [0.1, 0.15) is 42.2 Å². The number of anilines is 2. The minimum Gasteiger partial charge on any atom is -0.310 e. The number of nitrogens with one attached hydrogen (secondary N) is 1. The van der Waals surface area contributed by atoms with Crippen molar-refractivity contribution in [3.63, 3.8) is 0 Å². The average Bonchev–Trinajstić information content (AvgIpc) is 3.25. The molecule has 0 spiro atoms. The van der Waals surface area contributed by atoms with Crippen molar-refractivity contribution < 1.29 is 18.4 Å². The largest absolute Gasteiger partial charge is 0.310 e. The van der Waals surface area contributed by atoms with E-state index < -0.39 is 23.9 Å². The number of hydrogen-bond acceptors (Lipinski definition) is 5. The number of aromatic nitrogens is 4. The van der Waals surface area contributed by atoms with Crippen LogP contribution in [0.2, 0.25) is 0 Å². The quantitative estimate of drug-likeness (QED) is 0.566. The van der Waals surface area contributed by atoms with Crippen molar-refractivity contribution in [3.05, 3.63) is 53.6 Å². The predicted molar refractivity (Wildman–Crippen MR) is 115 cm³/mol. The summed E-state index contributed by atoms with van der Waals surface area (Å²) in [6, 6.07) is 6.93. The zero-order valence-electron chi connectivity index (χ0n) is 17.8. The van der Waals surface area contributed by atoms with Crippen molar-refractivity contribution in [1.29, 1.82) is 0 Å². The van der Waals surface area contributed by atoms with Crippen molar-refractivity contribution in [2.24, 2.45) is 0 Å². The highest BCUT2D eigenvalue weighted by atomic mass is 19.1. The van der Waals surface area contributed by atoms with Gasteiger partial charge in [0.25, 0.3) is 5.91 Å². The molecule has 1 saturated carbocycles. The van der Waals surface area contributed by atoms with E-state index in [1.165, 1.54) is 11.0 Å². The highest BCUT2D eigenvalue weighted by molar-refractivity contribution is 6.05. The average molecular weight is 440 g/mol. The number of pyridine rings is 1. The summed E-state index contributed by atoms with van der Waals surface area (Å²) in [5.74, 6) is -0.757. The zero-order chi connectivity index (χ0) is 23.0. The Balaban J connectivity index is 1.61. The van der Waals surface area contributed by atoms with Crippen LogP contribution in [0.5, 0.6) is 0 Å². The molecular weight excluding hydrogens is 418 g/mol. The minimum atomic E-state index is -1.12. The molecule has 32 heavy (non-hydrogen) atoms. The van der Waals surface area contributed by atoms with Gasteiger partial charge in [0, 0.05) is 18.2 Å². The number of nitrogens with zero attached hydrogens (tertiary/aromatic N) is 5. The second kappa shape index (κ2) is 8.45. The van der Waals surface area contributed by atoms with Gasteiger partial charge in [-0.05, 0) is 50.6 Å². The van der Waals surface area contributed by atoms with E-state index in [4.69, 9.17) is 0 Å². The first kappa shape index (κ1) is 21.5. The molecule has 0 radical (unpaired) electrons. The molecule has 0 bridgehead atoms. The number of halogens is 2. The van der Waals surface area contributed by atoms with Gasteiger partial charge in [0.05, 0.1) is 11.6 Å². The number of benzene rings is 1. The van der Waals surface area contributed by atoms with Crippen LogP contribution in [0.25, 0.3) is 11.5 Å². The first-order valence-electron chi connectivity index (χ1n) is 10.2. The fraction of sp³-hybridized carbons (Fsp3) is 0.318. The van der Waals surface area contributed by atoms with Gasteiger partial charge in [-0.3, -0.25) is 9.59 Å². The summed E-state index contributed by atoms with van der Waals surface area (Å²) in [6.07, 6.45) is 1.19. The number of carbonyl (C=O) groups excluding carboxylic acids is 2. The van der Waals surface area contributed by atoms with E-state index in [9.17, 15) is 18.4 Å². The van der Waals surface area contributed by atoms with E-state index in [0.29, 0.717) is 29.2 Å². The third kappa shape index (κ3) is 4.08. The molecule has 1 aliphatic rings. The number of hydrogen-bond donors (Lipinski definition) is 1. The molecule has 0 aliphatic heterocycles. The first-order chi connectivity index (χ1) is 15.3. The van der Waals surface area contributed by atoms with Gasteiger partial charge >= 0.3 is 0 Å². The van der Waals surface area contributed by atoms with E-state index in [2.05, 4.69) is 20.5 Å². The maximum Gasteiger partial charge on any atom is 0.259 e. The Hall–Kier alpha value is -3.69. The first-order valence-corrected chi connectivity index (χ1v) is 10.2. The van der Waals surface area contributed by atoms with E-state index in [1.807, 2.05) is 18.4 Å². The van der Waals surface area contributed by atoms with Crippen LogP contribution in [0.3, 0.4) is 0 Å². The maximum atomic E-state index is 14.6. The van der Waals surface area contributed by atoms with Crippen molar-refractivity contribution in [2.45, 2.75) is 45.4 Å². The molecule has 0 saturated heterocycles. The Kier molecular flexibility index (Phi) is 5.68. The fourth-order valence-electron chi connectivity index (χ4n) is 3.48. The van der Waals surface area contributed by atoms with Crippen LogP contribution in [0, 0.1) is 12.7 Å². The molecule has 10 heteroatoms. The standard InChI is InChI=1S/C22H22F2N6O2/c1-12(2)29-10-25-28-21(29)17-5-4-6-20(26-17)27-22(32)14-8-18(13(3)7-15(14)23)30(11-31)19-9-16(19)24/h4-8,10-12,16,19H,9H2,1-3H3,(H,26,27,32). The Morgan fingerprint density at radius 3 is 2.75 bits per heavy atom. The summed E-state index contributed by atoms with van der Waals surface area (Å²) in [6.45, 7) is 5.55. The van der Waals surface area contributed by atoms with Gasteiger partial charge < -0.3 is 14.8 Å². The molecule has 3 aromatic rings. The molecular formula is C22H22F2N6O2. The molecule has 1 aromatic carbocycles. The molecule has 2 amide bonds. The molecule has 166 valence electrons. The third-order valence-corrected chi connectivity index (χ3v) is 5.31. The Morgan fingerprint density at radius 1 is 1.34 bits per heavy atom. The highest BCUT2D eigenvalue weighted by Crippen LogP contribution is 2.36. The number of rotatable bonds is 7. The van der Waals surface area contributed by atoms with E-state index in [-0.39, 0.29) is 23.8 Å². The van der Waals surface area contributed by atoms with Gasteiger partial charge in [-0.15, -0.1) is 10.2 Å². The lowest BCUT2D eigenvalue weighted by atomic mass is 10.1. The van der Waals surface area contributed by atoms with Gasteiger partial charge in [-0.25, -0.2) is 13.8 Å². The second-order valence-electron chi connectivity index (χ2n) is 7.97. The fourth-order valence-corrected chi connectivity index (χ4v) is 3.48. The Labute approximate surface area is 183 Å². The zero-order valence-corrected chi connectivity index (χ0v) is 17.8. The van der Waals surface area contributed by atoms with Crippen LogP contribution < -0.4 is 10.2 Å². The number of alkyl halides is 1. The smallest absolute Gasteiger partial charge is 0.259 e. The minimum absolute atomic E-state index is 0.108. The SMILES string of the molecule is Cc1cc(F)c(C(=O)Nc2cccc(-c3nncn3C(C)C)n2)cc1N(C=O)C1CC1F. The summed E-state index contributed by atoms with van der Waals surface area (Å²) in [5, 5.41) is 10.6. The van der Waals surface area contributed by atoms with Crippen molar-refractivity contribution in [3.8, 4) is 11.5 Å². The lowest BCUT2D eigenvalue weighted by molar-refractivity contribution is -0.107. The second-order valence-corrected chi connectivity index (χ2v) is 7.97. The van der Waals surface area contributed by atoms with Gasteiger partial charge in [0.1, 0.15) is 29.8 Å². The normalized spacial score (nSPS) is 17.3. The molecule has 1 fully saturated rings. The van der Waals surface area contributed by atoms with Crippen LogP contribution in [-0.2, 0) is 4.79 Å². The third-order valence-electron chi connectivity index (χ3n) is 5.31. The van der Waals surface area contributed by atoms with Crippen molar-refractivity contribution in [2.75, 3.05) is 10.2 Å². The maximum absolute atomic E-state index is 14.6. The number of aryl methyl sites for hydroxylation is 1. The summed E-state index contributed by atoms with van der Waals surface area (Å²) in [7, 11) is 0. The van der Waals surface area contributed by atoms with Gasteiger partial charge in [0.15, 0.2) is 5.82 Å². The van der Waals surface area contributed by atoms with E-state index in [1.54, 1.807) is 31.5 Å². The highest BCUT2D eigenvalue weighted by Gasteiger charge is 2.43. The van der Waals surface area contributed by atoms with Gasteiger partial charge in [0.2, 0.25) is 6.41 Å². The van der Waals surface area contributed by atoms with Crippen LogP contribution in [0.4, 0.5) is 20.3 Å². The van der Waals surface area contributed by atoms with Crippen molar-refractivity contribution in [1.82, 2.24) is 19.7 Å². The Bertz CT molecular complexity index is 1180. The molecule has 2 heterocycles. The molecule has 8 nitrogen and oxygen atoms in total. The lowest BCUT2D eigenvalue weighted by Gasteiger charge is -2.20. The van der Waals surface area contributed by atoms with Crippen LogP contribution in [0.15, 0.2) is 36.7 Å². The predicted octanol–water partition coefficient (Wildman–Crippen LogP) is 3.69. The summed E-state index contributed by atoms with van der Waals surface area (Å²) >= 11 is 0. The monoisotopic (exact) mass is 440 g/mol. The summed E-state index contributed by atoms with van der Waals surface area (Å²) in [4.78, 5) is 29.9. The van der Waals surface area contributed by atoms with Crippen LogP contribution in [-0.4, -0.2) is 44.3 Å². The molecule has 1 N–H and O–H groups in total. The lowest BCUT2D eigenvalue weighted by Crippen LogP contribution is -2.27. The number of amides is 2. The van der Waals surface area contributed by atoms with Gasteiger partial charge in [-0.1, -0.05) is 6.07 Å². The van der Waals surface area contributed by atoms with Crippen molar-refractivity contribution >= 4 is 23.8 Å². The summed E-state index contributed by atoms with van der Waals surface area (Å²) < 4.78 is 30.0. The molecule has 2 aromatic heterocycles. The molecule has 1 aliphatic carbocycles. The van der Waals surface area contributed by atoms with E-state index in [0.717, 1.165) is 6.07 Å². The summed E-state index contributed by atoms with van der Waals surface area (Å²) in [5.41, 5.74) is 0.946. The topological polar surface area (TPSA) is 93.0 Å². The molecule has 4 rings (SSSR count). The molecule has 2 unspecified atom stereocenters. The van der Waals surface area contributed by atoms with Gasteiger partial charge in [-0.2, -0.15) is 0 Å². The number of carbonyl (C=O) groups is 2. The Morgan fingerprint density at radius 2 is 2.09 bits per heavy atom.